The molecule has 0 radical (unpaired) electrons. The number of phenols is 1. The molecule has 2 aromatic carbocycles. The van der Waals surface area contributed by atoms with Gasteiger partial charge in [0.25, 0.3) is 0 Å². The average Bonchev–Trinajstić information content (AvgIpc) is 2.73. The van der Waals surface area contributed by atoms with E-state index in [0.717, 1.165) is 48.6 Å². The van der Waals surface area contributed by atoms with Crippen molar-refractivity contribution in [2.24, 2.45) is 0 Å². The maximum Gasteiger partial charge on any atom is 0.229 e. The first kappa shape index (κ1) is 19.0. The Hall–Kier alpha value is -3.32. The van der Waals surface area contributed by atoms with Crippen LogP contribution in [0.1, 0.15) is 18.4 Å². The van der Waals surface area contributed by atoms with Gasteiger partial charge < -0.3 is 25.8 Å². The van der Waals surface area contributed by atoms with Crippen LogP contribution < -0.4 is 20.7 Å². The quantitative estimate of drug-likeness (QED) is 0.503. The van der Waals surface area contributed by atoms with Gasteiger partial charge in [0.1, 0.15) is 23.4 Å². The third-order valence-electron chi connectivity index (χ3n) is 4.78. The molecule has 0 amide bonds. The first-order valence-electron chi connectivity index (χ1n) is 9.80. The van der Waals surface area contributed by atoms with Gasteiger partial charge in [0.2, 0.25) is 5.95 Å². The molecule has 150 valence electrons. The van der Waals surface area contributed by atoms with Crippen molar-refractivity contribution in [1.29, 1.82) is 0 Å². The maximum absolute atomic E-state index is 9.64. The van der Waals surface area contributed by atoms with E-state index in [1.165, 1.54) is 0 Å². The average molecular weight is 391 g/mol. The van der Waals surface area contributed by atoms with Crippen LogP contribution in [0.4, 0.5) is 23.1 Å². The van der Waals surface area contributed by atoms with Crippen LogP contribution in [0.5, 0.6) is 11.5 Å². The van der Waals surface area contributed by atoms with Crippen molar-refractivity contribution in [3.8, 4) is 11.5 Å². The van der Waals surface area contributed by atoms with E-state index in [1.54, 1.807) is 24.4 Å². The van der Waals surface area contributed by atoms with Gasteiger partial charge in [0, 0.05) is 29.2 Å². The summed E-state index contributed by atoms with van der Waals surface area (Å²) < 4.78 is 6.04. The van der Waals surface area contributed by atoms with Gasteiger partial charge in [0.05, 0.1) is 0 Å². The van der Waals surface area contributed by atoms with Gasteiger partial charge in [-0.3, -0.25) is 0 Å². The largest absolute Gasteiger partial charge is 0.508 e. The van der Waals surface area contributed by atoms with E-state index in [9.17, 15) is 5.11 Å². The minimum absolute atomic E-state index is 0.201. The van der Waals surface area contributed by atoms with Crippen LogP contribution in [-0.2, 0) is 0 Å². The van der Waals surface area contributed by atoms with E-state index >= 15 is 0 Å². The zero-order valence-electron chi connectivity index (χ0n) is 16.4. The van der Waals surface area contributed by atoms with Crippen LogP contribution in [0, 0.1) is 6.92 Å². The highest BCUT2D eigenvalue weighted by atomic mass is 16.5. The summed E-state index contributed by atoms with van der Waals surface area (Å²) in [5.41, 5.74) is 2.55. The van der Waals surface area contributed by atoms with Crippen LogP contribution in [0.2, 0.25) is 0 Å². The number of aromatic nitrogens is 2. The molecule has 1 aliphatic rings. The lowest BCUT2D eigenvalue weighted by atomic mass is 10.1. The Balaban J connectivity index is 1.42. The molecule has 1 saturated heterocycles. The van der Waals surface area contributed by atoms with E-state index < -0.39 is 0 Å². The molecule has 7 heteroatoms. The zero-order chi connectivity index (χ0) is 20.1. The van der Waals surface area contributed by atoms with Crippen LogP contribution in [0.15, 0.2) is 54.7 Å². The number of piperidine rings is 1. The lowest BCUT2D eigenvalue weighted by molar-refractivity contribution is 0.162. The molecule has 1 fully saturated rings. The van der Waals surface area contributed by atoms with Crippen molar-refractivity contribution in [3.63, 3.8) is 0 Å². The molecular formula is C22H25N5O2. The molecule has 4 N–H and O–H groups in total. The predicted molar refractivity (Wildman–Crippen MR) is 114 cm³/mol. The number of aromatic hydroxyl groups is 1. The number of anilines is 4. The topological polar surface area (TPSA) is 91.3 Å². The third kappa shape index (κ3) is 5.14. The normalized spacial score (nSPS) is 14.4. The maximum atomic E-state index is 9.64. The Labute approximate surface area is 170 Å². The number of benzene rings is 2. The lowest BCUT2D eigenvalue weighted by Gasteiger charge is -2.23. The summed E-state index contributed by atoms with van der Waals surface area (Å²) in [7, 11) is 0. The highest BCUT2D eigenvalue weighted by Gasteiger charge is 2.14. The molecule has 0 atom stereocenters. The molecule has 0 aliphatic carbocycles. The summed E-state index contributed by atoms with van der Waals surface area (Å²) in [5, 5.41) is 19.4. The molecule has 0 bridgehead atoms. The van der Waals surface area contributed by atoms with E-state index in [1.807, 2.05) is 37.3 Å². The fourth-order valence-electron chi connectivity index (χ4n) is 3.20. The fraction of sp³-hybridized carbons (Fsp3) is 0.273. The SMILES string of the molecule is Cc1cnc(Nc2ccc(OC3CCNCC3)cc2)nc1Nc1cccc(O)c1. The van der Waals surface area contributed by atoms with Crippen LogP contribution in [-0.4, -0.2) is 34.3 Å². The summed E-state index contributed by atoms with van der Waals surface area (Å²) in [4.78, 5) is 8.92. The van der Waals surface area contributed by atoms with Gasteiger partial charge in [0.15, 0.2) is 0 Å². The second-order valence-corrected chi connectivity index (χ2v) is 7.12. The highest BCUT2D eigenvalue weighted by molar-refractivity contribution is 5.63. The van der Waals surface area contributed by atoms with Gasteiger partial charge in [-0.2, -0.15) is 4.98 Å². The molecule has 2 heterocycles. The smallest absolute Gasteiger partial charge is 0.229 e. The summed E-state index contributed by atoms with van der Waals surface area (Å²) in [6.07, 6.45) is 4.11. The van der Waals surface area contributed by atoms with E-state index in [0.29, 0.717) is 11.8 Å². The van der Waals surface area contributed by atoms with E-state index in [4.69, 9.17) is 4.74 Å². The Morgan fingerprint density at radius 1 is 1.03 bits per heavy atom. The minimum atomic E-state index is 0.201. The van der Waals surface area contributed by atoms with Crippen molar-refractivity contribution >= 4 is 23.1 Å². The summed E-state index contributed by atoms with van der Waals surface area (Å²) in [6.45, 7) is 3.95. The second-order valence-electron chi connectivity index (χ2n) is 7.12. The standard InChI is InChI=1S/C22H25N5O2/c1-15-14-24-22(27-21(15)25-17-3-2-4-18(28)13-17)26-16-5-7-19(8-6-16)29-20-9-11-23-12-10-20/h2-8,13-14,20,23,28H,9-12H2,1H3,(H2,24,25,26,27). The van der Waals surface area contributed by atoms with Gasteiger partial charge in [-0.1, -0.05) is 6.07 Å². The predicted octanol–water partition coefficient (Wildman–Crippen LogP) is 4.11. The molecule has 1 aliphatic heterocycles. The second kappa shape index (κ2) is 8.79. The Bertz CT molecular complexity index is 956. The summed E-state index contributed by atoms with van der Waals surface area (Å²) in [5.74, 6) is 2.25. The van der Waals surface area contributed by atoms with E-state index in [2.05, 4.69) is 25.9 Å². The molecule has 0 saturated carbocycles. The number of hydrogen-bond acceptors (Lipinski definition) is 7. The van der Waals surface area contributed by atoms with Crippen molar-refractivity contribution in [2.45, 2.75) is 25.9 Å². The van der Waals surface area contributed by atoms with Crippen molar-refractivity contribution < 1.29 is 9.84 Å². The number of nitrogens with one attached hydrogen (secondary N) is 3. The van der Waals surface area contributed by atoms with E-state index in [-0.39, 0.29) is 11.9 Å². The first-order valence-corrected chi connectivity index (χ1v) is 9.80. The first-order chi connectivity index (χ1) is 14.2. The van der Waals surface area contributed by atoms with Crippen LogP contribution >= 0.6 is 0 Å². The number of ether oxygens (including phenoxy) is 1. The van der Waals surface area contributed by atoms with Crippen LogP contribution in [0.25, 0.3) is 0 Å². The minimum Gasteiger partial charge on any atom is -0.508 e. The summed E-state index contributed by atoms with van der Waals surface area (Å²) in [6, 6.07) is 14.8. The molecular weight excluding hydrogens is 366 g/mol. The van der Waals surface area contributed by atoms with Crippen LogP contribution in [0.3, 0.4) is 0 Å². The molecule has 29 heavy (non-hydrogen) atoms. The number of rotatable bonds is 6. The molecule has 0 unspecified atom stereocenters. The Morgan fingerprint density at radius 3 is 2.59 bits per heavy atom. The van der Waals surface area contributed by atoms with Gasteiger partial charge in [-0.25, -0.2) is 4.98 Å². The Morgan fingerprint density at radius 2 is 1.83 bits per heavy atom. The molecule has 0 spiro atoms. The molecule has 7 nitrogen and oxygen atoms in total. The number of phenolic OH excluding ortho intramolecular Hbond substituents is 1. The number of aryl methyl sites for hydroxylation is 1. The van der Waals surface area contributed by atoms with Crippen molar-refractivity contribution in [3.05, 3.63) is 60.3 Å². The van der Waals surface area contributed by atoms with Gasteiger partial charge >= 0.3 is 0 Å². The monoisotopic (exact) mass is 391 g/mol. The van der Waals surface area contributed by atoms with Crippen molar-refractivity contribution in [2.75, 3.05) is 23.7 Å². The highest BCUT2D eigenvalue weighted by Crippen LogP contribution is 2.24. The number of hydrogen-bond donors (Lipinski definition) is 4. The Kier molecular flexibility index (Phi) is 5.76. The molecule has 1 aromatic heterocycles. The lowest BCUT2D eigenvalue weighted by Crippen LogP contribution is -2.34. The van der Waals surface area contributed by atoms with Crippen molar-refractivity contribution in [1.82, 2.24) is 15.3 Å². The van der Waals surface area contributed by atoms with Gasteiger partial charge in [-0.05, 0) is 69.3 Å². The zero-order valence-corrected chi connectivity index (χ0v) is 16.4. The molecule has 4 rings (SSSR count). The van der Waals surface area contributed by atoms with Gasteiger partial charge in [-0.15, -0.1) is 0 Å². The molecule has 3 aromatic rings. The third-order valence-corrected chi connectivity index (χ3v) is 4.78. The fourth-order valence-corrected chi connectivity index (χ4v) is 3.20. The number of nitrogens with zero attached hydrogens (tertiary/aromatic N) is 2. The summed E-state index contributed by atoms with van der Waals surface area (Å²) >= 11 is 0.